The molecule has 80 heavy (non-hydrogen) atoms. The fourth-order valence-corrected chi connectivity index (χ4v) is 15.9. The van der Waals surface area contributed by atoms with E-state index >= 15 is 0 Å². The molecule has 7 aliphatic rings. The molecule has 23 heteroatoms. The van der Waals surface area contributed by atoms with Crippen molar-refractivity contribution in [1.29, 1.82) is 0 Å². The van der Waals surface area contributed by atoms with Crippen LogP contribution in [0.1, 0.15) is 123 Å². The van der Waals surface area contributed by atoms with Gasteiger partial charge < -0.3 is 95.2 Å². The number of hydrogen-bond donors (Lipinski definition) is 14. The average molecular weight is 1120 g/mol. The molecular weight excluding hydrogens is 1050 g/mol. The molecule has 2 aliphatic heterocycles. The molecule has 0 radical (unpaired) electrons. The number of esters is 4. The van der Waals surface area contributed by atoms with Crippen LogP contribution in [-0.4, -0.2) is 158 Å². The second-order valence-electron chi connectivity index (χ2n) is 24.9. The lowest BCUT2D eigenvalue weighted by molar-refractivity contribution is -0.297. The number of benzene rings is 3. The van der Waals surface area contributed by atoms with Gasteiger partial charge in [-0.25, -0.2) is 14.4 Å². The summed E-state index contributed by atoms with van der Waals surface area (Å²) in [5.41, 5.74) is -8.55. The molecule has 23 nitrogen and oxygen atoms in total. The molecule has 3 aromatic carbocycles. The number of rotatable bonds is 6. The fourth-order valence-electron chi connectivity index (χ4n) is 15.9. The number of cyclic esters (lactones) is 1. The predicted octanol–water partition coefficient (Wildman–Crippen LogP) is 4.33. The van der Waals surface area contributed by atoms with E-state index in [1.54, 1.807) is 0 Å². The number of phenols is 9. The van der Waals surface area contributed by atoms with Crippen LogP contribution in [0.15, 0.2) is 35.9 Å². The van der Waals surface area contributed by atoms with Crippen LogP contribution in [0.25, 0.3) is 11.1 Å². The van der Waals surface area contributed by atoms with Crippen LogP contribution in [0.4, 0.5) is 0 Å². The SMILES string of the molecule is CC1(C)CC[C@]2(C(=O)O[C@@H]3O[C@H](CO)[C@@H](O)[C@H](O)[C@H]3O)CC[C@]3(C)C(=CC[C@@H]4[C@@]5(C)C[C@@H](O)[C@@H]6OC(=O)c7cc(O)c(O)c(O)c7-c7c(cc(O)c(O)c7O)C(=O)OC[C@@]6(COC(=O)c6cc(O)c(O)c(O)c6)[C@H]5CC[C@]43C)[C@H]2C1. The van der Waals surface area contributed by atoms with Gasteiger partial charge in [0.1, 0.15) is 43.7 Å². The highest BCUT2D eigenvalue weighted by Gasteiger charge is 2.73. The smallest absolute Gasteiger partial charge is 0.339 e. The van der Waals surface area contributed by atoms with Gasteiger partial charge in [-0.05, 0) is 121 Å². The Morgan fingerprint density at radius 1 is 0.675 bits per heavy atom. The minimum Gasteiger partial charge on any atom is -0.504 e. The van der Waals surface area contributed by atoms with Crippen molar-refractivity contribution in [3.63, 3.8) is 0 Å². The van der Waals surface area contributed by atoms with Gasteiger partial charge >= 0.3 is 23.9 Å². The van der Waals surface area contributed by atoms with Crippen LogP contribution in [0.3, 0.4) is 0 Å². The molecule has 0 unspecified atom stereocenters. The summed E-state index contributed by atoms with van der Waals surface area (Å²) in [4.78, 5) is 58.7. The molecule has 15 atom stereocenters. The van der Waals surface area contributed by atoms with E-state index < -0.39 is 205 Å². The molecule has 1 saturated heterocycles. The number of aromatic hydroxyl groups is 9. The Balaban J connectivity index is 1.09. The highest BCUT2D eigenvalue weighted by atomic mass is 16.7. The maximum Gasteiger partial charge on any atom is 0.339 e. The first-order valence-electron chi connectivity index (χ1n) is 26.7. The summed E-state index contributed by atoms with van der Waals surface area (Å²) in [6, 6.07) is 2.95. The monoisotopic (exact) mass is 1120 g/mol. The molecule has 2 heterocycles. The zero-order valence-corrected chi connectivity index (χ0v) is 44.6. The molecule has 10 rings (SSSR count). The summed E-state index contributed by atoms with van der Waals surface area (Å²) >= 11 is 0. The average Bonchev–Trinajstić information content (AvgIpc) is 3.62. The quantitative estimate of drug-likeness (QED) is 0.0706. The van der Waals surface area contributed by atoms with E-state index in [2.05, 4.69) is 33.8 Å². The van der Waals surface area contributed by atoms with Gasteiger partial charge in [0.2, 0.25) is 17.8 Å². The van der Waals surface area contributed by atoms with Crippen LogP contribution in [0.2, 0.25) is 0 Å². The first-order chi connectivity index (χ1) is 37.4. The number of fused-ring (bicyclic) bond motifs is 12. The molecule has 14 N–H and O–H groups in total. The Kier molecular flexibility index (Phi) is 13.6. The highest BCUT2D eigenvalue weighted by Crippen LogP contribution is 2.76. The lowest BCUT2D eigenvalue weighted by Crippen LogP contribution is -2.70. The standard InChI is InChI=1S/C57H68O23/c1-52(2)10-12-56(51(75)80-50-45(71)44(70)41(67)33(20-58)78-50)13-11-54(4)26(27(56)18-52)6-7-34-53(3)19-32(63)46-57(35(53)8-9-55(34,54)5,21-76-47(72)23-14-28(59)38(64)29(60)15-23)22-77-48(73)24-16-30(61)39(65)42(68)36(24)37-25(49(74)79-46)17-31(62)40(66)43(37)69/h6,14-17,27,32-35,41,44-46,50,58-71H,7-13,18-22H2,1-5H3/t27-,32-,33-,34-,35+,41-,44+,45-,46+,50+,53-,54-,55-,56+,57+/m1/s1. The molecular formula is C57H68O23. The Labute approximate surface area is 457 Å². The molecule has 0 aromatic heterocycles. The van der Waals surface area contributed by atoms with Crippen LogP contribution < -0.4 is 0 Å². The highest BCUT2D eigenvalue weighted by molar-refractivity contribution is 6.08. The van der Waals surface area contributed by atoms with Gasteiger partial charge in [0.05, 0.1) is 40.2 Å². The Hall–Kier alpha value is -6.76. The molecule has 434 valence electrons. The summed E-state index contributed by atoms with van der Waals surface area (Å²) in [6.07, 6.45) is -6.51. The molecule has 0 amide bonds. The van der Waals surface area contributed by atoms with Crippen molar-refractivity contribution in [1.82, 2.24) is 0 Å². The predicted molar refractivity (Wildman–Crippen MR) is 272 cm³/mol. The molecule has 5 aliphatic carbocycles. The number of hydrogen-bond acceptors (Lipinski definition) is 23. The third-order valence-corrected chi connectivity index (χ3v) is 20.3. The van der Waals surface area contributed by atoms with Crippen molar-refractivity contribution in [2.24, 2.45) is 50.2 Å². The van der Waals surface area contributed by atoms with E-state index in [1.165, 1.54) is 0 Å². The fraction of sp³-hybridized carbons (Fsp3) is 0.579. The van der Waals surface area contributed by atoms with Crippen LogP contribution in [0.5, 0.6) is 51.7 Å². The Morgan fingerprint density at radius 3 is 1.88 bits per heavy atom. The van der Waals surface area contributed by atoms with Crippen molar-refractivity contribution in [3.8, 4) is 62.9 Å². The molecule has 0 bridgehead atoms. The van der Waals surface area contributed by atoms with E-state index in [4.69, 9.17) is 23.7 Å². The van der Waals surface area contributed by atoms with Crippen molar-refractivity contribution < 1.29 is 114 Å². The summed E-state index contributed by atoms with van der Waals surface area (Å²) in [5.74, 6) is -16.2. The number of carbonyl (C=O) groups is 4. The first kappa shape index (κ1) is 56.5. The van der Waals surface area contributed by atoms with Gasteiger partial charge in [0.25, 0.3) is 0 Å². The van der Waals surface area contributed by atoms with E-state index in [1.807, 2.05) is 6.92 Å². The number of allylic oxidation sites excluding steroid dienone is 2. The number of aliphatic hydroxyl groups is 5. The van der Waals surface area contributed by atoms with Gasteiger partial charge in [-0.2, -0.15) is 0 Å². The summed E-state index contributed by atoms with van der Waals surface area (Å²) < 4.78 is 30.0. The van der Waals surface area contributed by atoms with E-state index in [-0.39, 0.29) is 24.2 Å². The van der Waals surface area contributed by atoms with Gasteiger partial charge in [0, 0.05) is 11.1 Å². The lowest BCUT2D eigenvalue weighted by Gasteiger charge is -2.71. The van der Waals surface area contributed by atoms with Crippen LogP contribution in [-0.2, 0) is 28.5 Å². The Bertz CT molecular complexity index is 3090. The second-order valence-corrected chi connectivity index (χ2v) is 24.9. The normalized spacial score (nSPS) is 37.1. The second kappa shape index (κ2) is 19.2. The van der Waals surface area contributed by atoms with E-state index in [9.17, 15) is 90.7 Å². The van der Waals surface area contributed by atoms with E-state index in [0.717, 1.165) is 17.7 Å². The third-order valence-electron chi connectivity index (χ3n) is 20.3. The molecule has 0 spiro atoms. The minimum atomic E-state index is -1.98. The maximum absolute atomic E-state index is 14.9. The van der Waals surface area contributed by atoms with Crippen molar-refractivity contribution in [3.05, 3.63) is 52.6 Å². The van der Waals surface area contributed by atoms with Gasteiger partial charge in [0.15, 0.2) is 40.2 Å². The number of ether oxygens (including phenoxy) is 5. The minimum absolute atomic E-state index is 0.105. The van der Waals surface area contributed by atoms with E-state index in [0.29, 0.717) is 57.1 Å². The van der Waals surface area contributed by atoms with Gasteiger partial charge in [-0.1, -0.05) is 46.3 Å². The van der Waals surface area contributed by atoms with Gasteiger partial charge in [-0.3, -0.25) is 4.79 Å². The summed E-state index contributed by atoms with van der Waals surface area (Å²) in [7, 11) is 0. The lowest BCUT2D eigenvalue weighted by atomic mass is 9.33. The summed E-state index contributed by atoms with van der Waals surface area (Å²) in [5, 5.41) is 151. The molecule has 3 aromatic rings. The zero-order valence-electron chi connectivity index (χ0n) is 44.6. The van der Waals surface area contributed by atoms with Crippen molar-refractivity contribution in [2.45, 2.75) is 135 Å². The number of aliphatic hydroxyl groups excluding tert-OH is 5. The summed E-state index contributed by atoms with van der Waals surface area (Å²) in [6.45, 7) is 8.09. The molecule has 5 fully saturated rings. The largest absolute Gasteiger partial charge is 0.504 e. The van der Waals surface area contributed by atoms with Crippen molar-refractivity contribution >= 4 is 23.9 Å². The third kappa shape index (κ3) is 8.18. The molecule has 4 saturated carbocycles. The Morgan fingerprint density at radius 2 is 1.26 bits per heavy atom. The number of phenolic OH excluding ortho intramolecular Hbond substituents is 9. The number of carbonyl (C=O) groups excluding carboxylic acids is 4. The topological polar surface area (TPSA) is 398 Å². The zero-order chi connectivity index (χ0) is 58.3. The van der Waals surface area contributed by atoms with Crippen LogP contribution >= 0.6 is 0 Å². The van der Waals surface area contributed by atoms with Crippen molar-refractivity contribution in [2.75, 3.05) is 19.8 Å². The van der Waals surface area contributed by atoms with Gasteiger partial charge in [-0.15, -0.1) is 0 Å². The van der Waals surface area contributed by atoms with Crippen LogP contribution in [0, 0.1) is 50.2 Å². The first-order valence-corrected chi connectivity index (χ1v) is 26.7. The maximum atomic E-state index is 14.9.